The first kappa shape index (κ1) is 12.0. The minimum absolute atomic E-state index is 0.0469. The fraction of sp³-hybridized carbons (Fsp3) is 0.167. The smallest absolute Gasteiger partial charge is 0.223 e. The van der Waals surface area contributed by atoms with Crippen molar-refractivity contribution in [3.63, 3.8) is 0 Å². The molecule has 1 aliphatic rings. The molecule has 19 heavy (non-hydrogen) atoms. The average molecular weight is 280 g/mol. The Kier molecular flexibility index (Phi) is 2.67. The normalized spacial score (nSPS) is 13.7. The average Bonchev–Trinajstić information content (AvgIpc) is 2.79. The van der Waals surface area contributed by atoms with Gasteiger partial charge in [-0.2, -0.15) is 9.97 Å². The highest BCUT2D eigenvalue weighted by Crippen LogP contribution is 2.34. The molecule has 0 unspecified atom stereocenters. The molecule has 0 fully saturated rings. The standard InChI is InChI=1S/C12H11ClFN5/c13-10-9(15)11(18-12(16)17-10)19-4-6-2-1-3-8(14)7(6)5-19/h1-3H,4-5,15H2,(H2,16,17,18). The lowest BCUT2D eigenvalue weighted by atomic mass is 10.1. The molecule has 1 aliphatic heterocycles. The molecular formula is C12H11ClFN5. The van der Waals surface area contributed by atoms with E-state index in [-0.39, 0.29) is 22.6 Å². The van der Waals surface area contributed by atoms with Crippen LogP contribution in [-0.2, 0) is 13.1 Å². The van der Waals surface area contributed by atoms with Crippen LogP contribution in [-0.4, -0.2) is 9.97 Å². The van der Waals surface area contributed by atoms with Crippen LogP contribution in [0.3, 0.4) is 0 Å². The molecule has 5 nitrogen and oxygen atoms in total. The van der Waals surface area contributed by atoms with Crippen molar-refractivity contribution in [3.05, 3.63) is 40.3 Å². The summed E-state index contributed by atoms with van der Waals surface area (Å²) >= 11 is 5.88. The molecule has 1 aromatic carbocycles. The zero-order valence-electron chi connectivity index (χ0n) is 9.90. The van der Waals surface area contributed by atoms with Crippen molar-refractivity contribution in [2.45, 2.75) is 13.1 Å². The van der Waals surface area contributed by atoms with Crippen molar-refractivity contribution >= 4 is 29.1 Å². The molecule has 0 bridgehead atoms. The number of nitrogens with two attached hydrogens (primary N) is 2. The lowest BCUT2D eigenvalue weighted by molar-refractivity contribution is 0.612. The van der Waals surface area contributed by atoms with Crippen LogP contribution in [0.25, 0.3) is 0 Å². The van der Waals surface area contributed by atoms with Crippen LogP contribution in [0.1, 0.15) is 11.1 Å². The van der Waals surface area contributed by atoms with Crippen LogP contribution < -0.4 is 16.4 Å². The van der Waals surface area contributed by atoms with E-state index in [4.69, 9.17) is 23.1 Å². The van der Waals surface area contributed by atoms with Crippen molar-refractivity contribution in [1.29, 1.82) is 0 Å². The maximum absolute atomic E-state index is 13.7. The van der Waals surface area contributed by atoms with Gasteiger partial charge in [-0.3, -0.25) is 0 Å². The van der Waals surface area contributed by atoms with Gasteiger partial charge in [-0.15, -0.1) is 0 Å². The van der Waals surface area contributed by atoms with Gasteiger partial charge in [0, 0.05) is 18.7 Å². The first-order valence-corrected chi connectivity index (χ1v) is 6.03. The van der Waals surface area contributed by atoms with Crippen molar-refractivity contribution in [2.75, 3.05) is 16.4 Å². The number of aromatic nitrogens is 2. The highest BCUT2D eigenvalue weighted by Gasteiger charge is 2.25. The van der Waals surface area contributed by atoms with Crippen LogP contribution in [0.15, 0.2) is 18.2 Å². The Bertz CT molecular complexity index is 661. The molecule has 3 rings (SSSR count). The van der Waals surface area contributed by atoms with Crippen molar-refractivity contribution in [3.8, 4) is 0 Å². The Morgan fingerprint density at radius 1 is 1.21 bits per heavy atom. The largest absolute Gasteiger partial charge is 0.393 e. The molecule has 2 heterocycles. The molecule has 2 aromatic rings. The Morgan fingerprint density at radius 3 is 2.74 bits per heavy atom. The SMILES string of the molecule is Nc1nc(Cl)c(N)c(N2Cc3cccc(F)c3C2)n1. The predicted molar refractivity (Wildman–Crippen MR) is 72.2 cm³/mol. The molecular weight excluding hydrogens is 269 g/mol. The summed E-state index contributed by atoms with van der Waals surface area (Å²) in [4.78, 5) is 9.69. The molecule has 0 aliphatic carbocycles. The molecule has 0 saturated heterocycles. The Labute approximate surface area is 114 Å². The van der Waals surface area contributed by atoms with E-state index in [0.717, 1.165) is 5.56 Å². The zero-order chi connectivity index (χ0) is 13.6. The van der Waals surface area contributed by atoms with Crippen molar-refractivity contribution in [2.24, 2.45) is 0 Å². The first-order valence-electron chi connectivity index (χ1n) is 5.66. The van der Waals surface area contributed by atoms with Gasteiger partial charge in [0.2, 0.25) is 5.95 Å². The summed E-state index contributed by atoms with van der Waals surface area (Å²) in [6.07, 6.45) is 0. The third-order valence-corrected chi connectivity index (χ3v) is 3.41. The summed E-state index contributed by atoms with van der Waals surface area (Å²) in [5.41, 5.74) is 13.2. The lowest BCUT2D eigenvalue weighted by Crippen LogP contribution is -2.19. The minimum Gasteiger partial charge on any atom is -0.393 e. The van der Waals surface area contributed by atoms with Crippen LogP contribution in [0, 0.1) is 5.82 Å². The van der Waals surface area contributed by atoms with Gasteiger partial charge >= 0.3 is 0 Å². The Morgan fingerprint density at radius 2 is 2.00 bits per heavy atom. The van der Waals surface area contributed by atoms with Gasteiger partial charge in [-0.05, 0) is 11.6 Å². The fourth-order valence-electron chi connectivity index (χ4n) is 2.22. The van der Waals surface area contributed by atoms with E-state index < -0.39 is 0 Å². The summed E-state index contributed by atoms with van der Waals surface area (Å²) in [6.45, 7) is 0.906. The zero-order valence-corrected chi connectivity index (χ0v) is 10.7. The van der Waals surface area contributed by atoms with Crippen LogP contribution in [0.5, 0.6) is 0 Å². The number of hydrogen-bond donors (Lipinski definition) is 2. The van der Waals surface area contributed by atoms with Gasteiger partial charge < -0.3 is 16.4 Å². The van der Waals surface area contributed by atoms with Gasteiger partial charge in [0.05, 0.1) is 0 Å². The van der Waals surface area contributed by atoms with E-state index in [2.05, 4.69) is 9.97 Å². The van der Waals surface area contributed by atoms with Crippen molar-refractivity contribution in [1.82, 2.24) is 9.97 Å². The van der Waals surface area contributed by atoms with E-state index in [0.29, 0.717) is 24.5 Å². The molecule has 7 heteroatoms. The number of halogens is 2. The number of nitrogens with zero attached hydrogens (tertiary/aromatic N) is 3. The van der Waals surface area contributed by atoms with Gasteiger partial charge in [-0.25, -0.2) is 4.39 Å². The second-order valence-corrected chi connectivity index (χ2v) is 4.70. The highest BCUT2D eigenvalue weighted by molar-refractivity contribution is 6.32. The molecule has 0 radical (unpaired) electrons. The number of anilines is 3. The predicted octanol–water partition coefficient (Wildman–Crippen LogP) is 1.95. The van der Waals surface area contributed by atoms with Gasteiger partial charge in [0.1, 0.15) is 11.5 Å². The third kappa shape index (κ3) is 1.94. The number of nitrogen functional groups attached to an aromatic ring is 2. The summed E-state index contributed by atoms with van der Waals surface area (Å²) in [7, 11) is 0. The quantitative estimate of drug-likeness (QED) is 0.780. The summed E-state index contributed by atoms with van der Waals surface area (Å²) in [5, 5.41) is 0.110. The van der Waals surface area contributed by atoms with E-state index >= 15 is 0 Å². The monoisotopic (exact) mass is 279 g/mol. The molecule has 0 amide bonds. The molecule has 4 N–H and O–H groups in total. The van der Waals surface area contributed by atoms with E-state index in [1.165, 1.54) is 6.07 Å². The highest BCUT2D eigenvalue weighted by atomic mass is 35.5. The van der Waals surface area contributed by atoms with Crippen LogP contribution >= 0.6 is 11.6 Å². The molecule has 0 spiro atoms. The van der Waals surface area contributed by atoms with E-state index in [1.54, 1.807) is 6.07 Å². The maximum atomic E-state index is 13.7. The Balaban J connectivity index is 2.02. The maximum Gasteiger partial charge on any atom is 0.223 e. The van der Waals surface area contributed by atoms with Gasteiger partial charge in [0.25, 0.3) is 0 Å². The second-order valence-electron chi connectivity index (χ2n) is 4.34. The summed E-state index contributed by atoms with van der Waals surface area (Å²) in [6, 6.07) is 5.00. The first-order chi connectivity index (χ1) is 9.06. The number of fused-ring (bicyclic) bond motifs is 1. The minimum atomic E-state index is -0.230. The fourth-order valence-corrected chi connectivity index (χ4v) is 2.39. The number of rotatable bonds is 1. The number of hydrogen-bond acceptors (Lipinski definition) is 5. The molecule has 1 aromatic heterocycles. The second kappa shape index (κ2) is 4.24. The van der Waals surface area contributed by atoms with Crippen LogP contribution in [0.4, 0.5) is 21.8 Å². The molecule has 0 atom stereocenters. The van der Waals surface area contributed by atoms with Crippen LogP contribution in [0.2, 0.25) is 5.15 Å². The summed E-state index contributed by atoms with van der Waals surface area (Å²) in [5.74, 6) is 0.255. The van der Waals surface area contributed by atoms with Crippen molar-refractivity contribution < 1.29 is 4.39 Å². The topological polar surface area (TPSA) is 81.1 Å². The summed E-state index contributed by atoms with van der Waals surface area (Å²) < 4.78 is 13.7. The Hall–Kier alpha value is -2.08. The van der Waals surface area contributed by atoms with E-state index in [1.807, 2.05) is 11.0 Å². The van der Waals surface area contributed by atoms with E-state index in [9.17, 15) is 4.39 Å². The molecule has 0 saturated carbocycles. The molecule has 98 valence electrons. The number of benzene rings is 1. The van der Waals surface area contributed by atoms with Gasteiger partial charge in [-0.1, -0.05) is 23.7 Å². The van der Waals surface area contributed by atoms with Gasteiger partial charge in [0.15, 0.2) is 11.0 Å². The third-order valence-electron chi connectivity index (χ3n) is 3.12. The lowest BCUT2D eigenvalue weighted by Gasteiger charge is -2.18.